The van der Waals surface area contributed by atoms with E-state index in [0.29, 0.717) is 5.92 Å². The molecule has 57 valence electrons. The molecule has 0 nitrogen and oxygen atoms in total. The van der Waals surface area contributed by atoms with E-state index in [1.807, 2.05) is 12.1 Å². The summed E-state index contributed by atoms with van der Waals surface area (Å²) in [7, 11) is 0. The van der Waals surface area contributed by atoms with E-state index in [2.05, 4.69) is 32.9 Å². The maximum atomic E-state index is 3.06. The predicted molar refractivity (Wildman–Crippen MR) is 44.1 cm³/mol. The monoisotopic (exact) mass is 222 g/mol. The van der Waals surface area contributed by atoms with Crippen molar-refractivity contribution < 1.29 is 32.7 Å². The van der Waals surface area contributed by atoms with Crippen LogP contribution in [-0.2, 0) is 32.7 Å². The number of aryl methyl sites for hydroxylation is 1. The van der Waals surface area contributed by atoms with E-state index in [9.17, 15) is 0 Å². The molecule has 0 amide bonds. The normalized spacial score (nSPS) is 9.45. The molecule has 1 aromatic rings. The molecule has 0 fully saturated rings. The van der Waals surface area contributed by atoms with E-state index in [0.717, 1.165) is 0 Å². The van der Waals surface area contributed by atoms with Gasteiger partial charge in [0.25, 0.3) is 0 Å². The number of rotatable bonds is 1. The molecule has 0 atom stereocenters. The molecule has 1 rings (SSSR count). The zero-order chi connectivity index (χ0) is 7.56. The molecule has 0 heterocycles. The van der Waals surface area contributed by atoms with Crippen molar-refractivity contribution in [2.75, 3.05) is 0 Å². The van der Waals surface area contributed by atoms with Gasteiger partial charge in [0.15, 0.2) is 0 Å². The van der Waals surface area contributed by atoms with Gasteiger partial charge in [0.2, 0.25) is 0 Å². The molecule has 1 heteroatoms. The molecule has 0 aliphatic carbocycles. The molecule has 0 aliphatic rings. The molecule has 11 heavy (non-hydrogen) atoms. The topological polar surface area (TPSA) is 0 Å². The molecule has 0 N–H and O–H groups in total. The Balaban J connectivity index is 0.000001000. The van der Waals surface area contributed by atoms with Crippen LogP contribution in [0, 0.1) is 13.0 Å². The third-order valence-electron chi connectivity index (χ3n) is 1.74. The van der Waals surface area contributed by atoms with Gasteiger partial charge in [-0.15, -0.1) is 0 Å². The third-order valence-corrected chi connectivity index (χ3v) is 1.74. The second-order valence-electron chi connectivity index (χ2n) is 2.94. The summed E-state index contributed by atoms with van der Waals surface area (Å²) in [6, 6.07) is 9.21. The first-order valence-corrected chi connectivity index (χ1v) is 3.68. The molecule has 0 aliphatic heterocycles. The molecule has 1 aromatic carbocycles. The van der Waals surface area contributed by atoms with Crippen molar-refractivity contribution in [1.82, 2.24) is 0 Å². The summed E-state index contributed by atoms with van der Waals surface area (Å²) >= 11 is 0. The van der Waals surface area contributed by atoms with Gasteiger partial charge in [0, 0.05) is 32.7 Å². The molecular formula is C10H13Y-. The zero-order valence-electron chi connectivity index (χ0n) is 7.39. The van der Waals surface area contributed by atoms with Crippen molar-refractivity contribution >= 4 is 0 Å². The second kappa shape index (κ2) is 5.06. The van der Waals surface area contributed by atoms with Crippen LogP contribution in [0.4, 0.5) is 0 Å². The van der Waals surface area contributed by atoms with Gasteiger partial charge in [-0.1, -0.05) is 20.8 Å². The van der Waals surface area contributed by atoms with Crippen LogP contribution in [0.15, 0.2) is 18.2 Å². The summed E-state index contributed by atoms with van der Waals surface area (Å²) in [5.74, 6) is 0.634. The van der Waals surface area contributed by atoms with E-state index in [1.165, 1.54) is 11.1 Å². The van der Waals surface area contributed by atoms with Gasteiger partial charge >= 0.3 is 0 Å². The molecule has 0 aromatic heterocycles. The molecule has 0 bridgehead atoms. The first-order valence-electron chi connectivity index (χ1n) is 3.68. The number of benzene rings is 1. The maximum absolute atomic E-state index is 3.06. The third kappa shape index (κ3) is 3.05. The Morgan fingerprint density at radius 1 is 1.36 bits per heavy atom. The Morgan fingerprint density at radius 3 is 2.36 bits per heavy atom. The largest absolute Gasteiger partial charge is 0.184 e. The minimum absolute atomic E-state index is 0. The van der Waals surface area contributed by atoms with Crippen molar-refractivity contribution in [2.45, 2.75) is 26.7 Å². The van der Waals surface area contributed by atoms with Gasteiger partial charge in [-0.05, 0) is 5.92 Å². The molecule has 0 saturated heterocycles. The van der Waals surface area contributed by atoms with Crippen LogP contribution in [0.5, 0.6) is 0 Å². The van der Waals surface area contributed by atoms with E-state index >= 15 is 0 Å². The van der Waals surface area contributed by atoms with Crippen LogP contribution in [0.3, 0.4) is 0 Å². The van der Waals surface area contributed by atoms with Crippen molar-refractivity contribution in [3.05, 3.63) is 35.4 Å². The Hall–Kier alpha value is 0.324. The Bertz CT molecular complexity index is 216. The fraction of sp³-hybridized carbons (Fsp3) is 0.400. The average Bonchev–Trinajstić information content (AvgIpc) is 1.88. The second-order valence-corrected chi connectivity index (χ2v) is 2.94. The summed E-state index contributed by atoms with van der Waals surface area (Å²) in [5, 5.41) is 0. The SMILES string of the molecule is Cc1c[c-]ccc1C(C)C.[Y]. The van der Waals surface area contributed by atoms with Crippen LogP contribution in [0.1, 0.15) is 30.9 Å². The quantitative estimate of drug-likeness (QED) is 0.641. The van der Waals surface area contributed by atoms with Crippen molar-refractivity contribution in [1.29, 1.82) is 0 Å². The van der Waals surface area contributed by atoms with E-state index in [1.54, 1.807) is 0 Å². The van der Waals surface area contributed by atoms with Gasteiger partial charge < -0.3 is 0 Å². The van der Waals surface area contributed by atoms with Gasteiger partial charge in [0.05, 0.1) is 0 Å². The minimum Gasteiger partial charge on any atom is -0.184 e. The average molecular weight is 222 g/mol. The fourth-order valence-corrected chi connectivity index (χ4v) is 1.17. The van der Waals surface area contributed by atoms with Crippen molar-refractivity contribution in [3.63, 3.8) is 0 Å². The fourth-order valence-electron chi connectivity index (χ4n) is 1.17. The molecule has 0 spiro atoms. The minimum atomic E-state index is 0. The van der Waals surface area contributed by atoms with Crippen LogP contribution < -0.4 is 0 Å². The summed E-state index contributed by atoms with van der Waals surface area (Å²) in [5.41, 5.74) is 2.77. The molecule has 0 saturated carbocycles. The maximum Gasteiger partial charge on any atom is 0 e. The number of hydrogen-bond donors (Lipinski definition) is 0. The van der Waals surface area contributed by atoms with Crippen LogP contribution in [-0.4, -0.2) is 0 Å². The first kappa shape index (κ1) is 11.3. The molecule has 0 unspecified atom stereocenters. The van der Waals surface area contributed by atoms with E-state index in [-0.39, 0.29) is 32.7 Å². The van der Waals surface area contributed by atoms with Gasteiger partial charge in [-0.3, -0.25) is 0 Å². The van der Waals surface area contributed by atoms with Crippen molar-refractivity contribution in [2.24, 2.45) is 0 Å². The summed E-state index contributed by atoms with van der Waals surface area (Å²) in [6.45, 7) is 6.55. The van der Waals surface area contributed by atoms with Crippen molar-refractivity contribution in [3.8, 4) is 0 Å². The number of hydrogen-bond acceptors (Lipinski definition) is 0. The Labute approximate surface area is 94.3 Å². The molecular weight excluding hydrogens is 209 g/mol. The van der Waals surface area contributed by atoms with Crippen LogP contribution in [0.25, 0.3) is 0 Å². The summed E-state index contributed by atoms with van der Waals surface area (Å²) < 4.78 is 0. The molecule has 1 radical (unpaired) electrons. The first-order chi connectivity index (χ1) is 4.72. The Morgan fingerprint density at radius 2 is 2.00 bits per heavy atom. The van der Waals surface area contributed by atoms with E-state index < -0.39 is 0 Å². The van der Waals surface area contributed by atoms with Crippen LogP contribution >= 0.6 is 0 Å². The summed E-state index contributed by atoms with van der Waals surface area (Å²) in [4.78, 5) is 0. The van der Waals surface area contributed by atoms with Gasteiger partial charge in [0.1, 0.15) is 0 Å². The van der Waals surface area contributed by atoms with E-state index in [4.69, 9.17) is 0 Å². The predicted octanol–water partition coefficient (Wildman–Crippen LogP) is 2.92. The van der Waals surface area contributed by atoms with Gasteiger partial charge in [-0.25, -0.2) is 0 Å². The van der Waals surface area contributed by atoms with Gasteiger partial charge in [-0.2, -0.15) is 35.4 Å². The standard InChI is InChI=1S/C10H13.Y/c1-8(2)10-7-5-4-6-9(10)3;/h5-8H,1-3H3;/q-1;. The zero-order valence-corrected chi connectivity index (χ0v) is 10.2. The van der Waals surface area contributed by atoms with Crippen LogP contribution in [0.2, 0.25) is 0 Å². The smallest absolute Gasteiger partial charge is 0 e. The Kier molecular flexibility index (Phi) is 5.20. The summed E-state index contributed by atoms with van der Waals surface area (Å²) in [6.07, 6.45) is 0.